The van der Waals surface area contributed by atoms with Crippen LogP contribution in [0.25, 0.3) is 0 Å². The monoisotopic (exact) mass is 320 g/mol. The highest BCUT2D eigenvalue weighted by Gasteiger charge is 2.22. The molecule has 1 aromatic rings. The van der Waals surface area contributed by atoms with Crippen molar-refractivity contribution >= 4 is 17.3 Å². The van der Waals surface area contributed by atoms with Crippen molar-refractivity contribution in [1.82, 2.24) is 10.2 Å². The summed E-state index contributed by atoms with van der Waals surface area (Å²) in [7, 11) is 3.76. The Hall–Kier alpha value is -1.29. The first-order valence-corrected chi connectivity index (χ1v) is 8.57. The molecule has 1 aliphatic carbocycles. The Bertz CT molecular complexity index is 518. The standard InChI is InChI=1S/C18H28N2OS/c1-13-9-10-17(21-4)15(11-13)12-20(3)18(22)19-16-8-6-5-7-14(16)2/h9-11,14,16H,5-8,12H2,1-4H3,(H,19,22)/t14-,16+/m1/s1. The summed E-state index contributed by atoms with van der Waals surface area (Å²) in [6.07, 6.45) is 5.18. The van der Waals surface area contributed by atoms with Gasteiger partial charge >= 0.3 is 0 Å². The molecule has 0 bridgehead atoms. The molecule has 2 atom stereocenters. The van der Waals surface area contributed by atoms with E-state index in [1.165, 1.54) is 36.8 Å². The molecule has 1 N–H and O–H groups in total. The molecule has 0 aliphatic heterocycles. The summed E-state index contributed by atoms with van der Waals surface area (Å²) in [4.78, 5) is 2.11. The van der Waals surface area contributed by atoms with Gasteiger partial charge in [-0.3, -0.25) is 0 Å². The van der Waals surface area contributed by atoms with E-state index in [1.807, 2.05) is 13.1 Å². The van der Waals surface area contributed by atoms with Crippen molar-refractivity contribution < 1.29 is 4.74 Å². The fraction of sp³-hybridized carbons (Fsp3) is 0.611. The molecule has 1 aliphatic rings. The van der Waals surface area contributed by atoms with Gasteiger partial charge in [0.05, 0.1) is 7.11 Å². The van der Waals surface area contributed by atoms with Crippen molar-refractivity contribution in [2.24, 2.45) is 5.92 Å². The Labute approximate surface area is 140 Å². The Morgan fingerprint density at radius 2 is 2.09 bits per heavy atom. The number of benzene rings is 1. The summed E-state index contributed by atoms with van der Waals surface area (Å²) in [5.41, 5.74) is 2.41. The van der Waals surface area contributed by atoms with Crippen LogP contribution in [0, 0.1) is 12.8 Å². The largest absolute Gasteiger partial charge is 0.496 e. The predicted octanol–water partition coefficient (Wildman–Crippen LogP) is 3.89. The van der Waals surface area contributed by atoms with Crippen LogP contribution >= 0.6 is 12.2 Å². The van der Waals surface area contributed by atoms with Crippen molar-refractivity contribution in [3.8, 4) is 5.75 Å². The molecule has 0 unspecified atom stereocenters. The zero-order valence-electron chi connectivity index (χ0n) is 14.2. The van der Waals surface area contributed by atoms with Gasteiger partial charge in [-0.1, -0.05) is 37.5 Å². The van der Waals surface area contributed by atoms with Crippen molar-refractivity contribution in [3.05, 3.63) is 29.3 Å². The molecule has 1 fully saturated rings. The number of aryl methyl sites for hydroxylation is 1. The summed E-state index contributed by atoms with van der Waals surface area (Å²) >= 11 is 5.60. The fourth-order valence-electron chi connectivity index (χ4n) is 3.16. The molecule has 0 radical (unpaired) electrons. The first kappa shape index (κ1) is 17.1. The van der Waals surface area contributed by atoms with E-state index in [0.717, 1.165) is 17.4 Å². The van der Waals surface area contributed by atoms with E-state index in [2.05, 4.69) is 36.2 Å². The highest BCUT2D eigenvalue weighted by Crippen LogP contribution is 2.24. The molecule has 0 heterocycles. The number of rotatable bonds is 4. The van der Waals surface area contributed by atoms with E-state index in [9.17, 15) is 0 Å². The van der Waals surface area contributed by atoms with E-state index in [1.54, 1.807) is 7.11 Å². The SMILES string of the molecule is COc1ccc(C)cc1CN(C)C(=S)N[C@H]1CCCC[C@H]1C. The topological polar surface area (TPSA) is 24.5 Å². The highest BCUT2D eigenvalue weighted by atomic mass is 32.1. The van der Waals surface area contributed by atoms with Crippen molar-refractivity contribution in [1.29, 1.82) is 0 Å². The molecule has 0 aromatic heterocycles. The van der Waals surface area contributed by atoms with Crippen molar-refractivity contribution in [2.75, 3.05) is 14.2 Å². The third kappa shape index (κ3) is 4.35. The number of methoxy groups -OCH3 is 1. The Kier molecular flexibility index (Phi) is 6.07. The molecule has 2 rings (SSSR count). The van der Waals surface area contributed by atoms with Gasteiger partial charge in [-0.25, -0.2) is 0 Å². The molecular weight excluding hydrogens is 292 g/mol. The van der Waals surface area contributed by atoms with Crippen LogP contribution in [0.4, 0.5) is 0 Å². The van der Waals surface area contributed by atoms with E-state index >= 15 is 0 Å². The van der Waals surface area contributed by atoms with Gasteiger partial charge in [0.15, 0.2) is 5.11 Å². The molecule has 0 spiro atoms. The van der Waals surface area contributed by atoms with E-state index in [0.29, 0.717) is 12.0 Å². The molecule has 0 saturated heterocycles. The summed E-state index contributed by atoms with van der Waals surface area (Å²) in [5.74, 6) is 1.62. The third-order valence-corrected chi connectivity index (χ3v) is 5.04. The maximum atomic E-state index is 5.60. The number of hydrogen-bond donors (Lipinski definition) is 1. The minimum Gasteiger partial charge on any atom is -0.496 e. The van der Waals surface area contributed by atoms with Crippen LogP contribution in [0.15, 0.2) is 18.2 Å². The molecule has 22 heavy (non-hydrogen) atoms. The smallest absolute Gasteiger partial charge is 0.169 e. The quantitative estimate of drug-likeness (QED) is 0.851. The lowest BCUT2D eigenvalue weighted by atomic mass is 9.86. The van der Waals surface area contributed by atoms with E-state index < -0.39 is 0 Å². The molecule has 122 valence electrons. The summed E-state index contributed by atoms with van der Waals surface area (Å²) in [5, 5.41) is 4.39. The second kappa shape index (κ2) is 7.82. The van der Waals surface area contributed by atoms with Crippen molar-refractivity contribution in [2.45, 2.75) is 52.1 Å². The van der Waals surface area contributed by atoms with Gasteiger partial charge < -0.3 is 15.0 Å². The van der Waals surface area contributed by atoms with Gasteiger partial charge in [0, 0.05) is 25.2 Å². The van der Waals surface area contributed by atoms with Crippen LogP contribution in [-0.2, 0) is 6.54 Å². The third-order valence-electron chi connectivity index (χ3n) is 4.61. The molecule has 1 saturated carbocycles. The first-order valence-electron chi connectivity index (χ1n) is 8.16. The van der Waals surface area contributed by atoms with Gasteiger partial charge in [-0.05, 0) is 44.0 Å². The number of nitrogens with one attached hydrogen (secondary N) is 1. The van der Waals surface area contributed by atoms with Crippen LogP contribution in [-0.4, -0.2) is 30.2 Å². The number of ether oxygens (including phenoxy) is 1. The Morgan fingerprint density at radius 3 is 2.77 bits per heavy atom. The number of thiocarbonyl (C=S) groups is 1. The van der Waals surface area contributed by atoms with Crippen LogP contribution < -0.4 is 10.1 Å². The molecule has 4 heteroatoms. The minimum atomic E-state index is 0.517. The van der Waals surface area contributed by atoms with Crippen LogP contribution in [0.5, 0.6) is 5.75 Å². The second-order valence-corrected chi connectivity index (χ2v) is 6.88. The van der Waals surface area contributed by atoms with Crippen LogP contribution in [0.2, 0.25) is 0 Å². The van der Waals surface area contributed by atoms with Crippen molar-refractivity contribution in [3.63, 3.8) is 0 Å². The van der Waals surface area contributed by atoms with Crippen LogP contribution in [0.1, 0.15) is 43.7 Å². The van der Waals surface area contributed by atoms with Gasteiger partial charge in [0.2, 0.25) is 0 Å². The minimum absolute atomic E-state index is 0.517. The lowest BCUT2D eigenvalue weighted by Gasteiger charge is -2.33. The van der Waals surface area contributed by atoms with E-state index in [-0.39, 0.29) is 0 Å². The summed E-state index contributed by atoms with van der Waals surface area (Å²) < 4.78 is 5.46. The zero-order chi connectivity index (χ0) is 16.1. The highest BCUT2D eigenvalue weighted by molar-refractivity contribution is 7.80. The zero-order valence-corrected chi connectivity index (χ0v) is 15.0. The maximum Gasteiger partial charge on any atom is 0.169 e. The Balaban J connectivity index is 1.97. The normalized spacial score (nSPS) is 21.3. The number of nitrogens with zero attached hydrogens (tertiary/aromatic N) is 1. The molecule has 0 amide bonds. The molecular formula is C18H28N2OS. The number of hydrogen-bond acceptors (Lipinski definition) is 2. The van der Waals surface area contributed by atoms with E-state index in [4.69, 9.17) is 17.0 Å². The van der Waals surface area contributed by atoms with Crippen LogP contribution in [0.3, 0.4) is 0 Å². The van der Waals surface area contributed by atoms with Gasteiger partial charge in [0.25, 0.3) is 0 Å². The average molecular weight is 321 g/mol. The average Bonchev–Trinajstić information content (AvgIpc) is 2.49. The second-order valence-electron chi connectivity index (χ2n) is 6.49. The first-order chi connectivity index (χ1) is 10.5. The lowest BCUT2D eigenvalue weighted by Crippen LogP contribution is -2.46. The van der Waals surface area contributed by atoms with Gasteiger partial charge in [-0.15, -0.1) is 0 Å². The molecule has 3 nitrogen and oxygen atoms in total. The molecule has 1 aromatic carbocycles. The summed E-state index contributed by atoms with van der Waals surface area (Å²) in [6, 6.07) is 6.78. The van der Waals surface area contributed by atoms with Gasteiger partial charge in [-0.2, -0.15) is 0 Å². The Morgan fingerprint density at radius 1 is 1.36 bits per heavy atom. The predicted molar refractivity (Wildman–Crippen MR) is 96.4 cm³/mol. The maximum absolute atomic E-state index is 5.60. The lowest BCUT2D eigenvalue weighted by molar-refractivity contribution is 0.300. The summed E-state index contributed by atoms with van der Waals surface area (Å²) in [6.45, 7) is 5.18. The van der Waals surface area contributed by atoms with Gasteiger partial charge in [0.1, 0.15) is 5.75 Å². The fourth-order valence-corrected chi connectivity index (χ4v) is 3.37.